The van der Waals surface area contributed by atoms with Crippen molar-refractivity contribution in [1.29, 1.82) is 0 Å². The van der Waals surface area contributed by atoms with Crippen molar-refractivity contribution in [3.8, 4) is 5.75 Å². The van der Waals surface area contributed by atoms with Gasteiger partial charge in [-0.1, -0.05) is 42.8 Å². The quantitative estimate of drug-likeness (QED) is 0.598. The number of carbonyl (C=O) groups excluding carboxylic acids is 1. The zero-order valence-corrected chi connectivity index (χ0v) is 18.4. The summed E-state index contributed by atoms with van der Waals surface area (Å²) in [6.07, 6.45) is 0.722. The summed E-state index contributed by atoms with van der Waals surface area (Å²) >= 11 is 6.56. The Bertz CT molecular complexity index is 1110. The largest absolute Gasteiger partial charge is 0.497 e. The number of aromatic nitrogens is 2. The number of hydrogen-bond donors (Lipinski definition) is 0. The molecular formula is C23H25ClN4O2. The molecule has 0 radical (unpaired) electrons. The van der Waals surface area contributed by atoms with E-state index in [1.807, 2.05) is 33.7 Å². The molecule has 1 aliphatic rings. The Morgan fingerprint density at radius 3 is 2.63 bits per heavy atom. The lowest BCUT2D eigenvalue weighted by atomic mass is 10.1. The number of rotatable bonds is 5. The predicted octanol–water partition coefficient (Wildman–Crippen LogP) is 4.65. The molecule has 0 unspecified atom stereocenters. The summed E-state index contributed by atoms with van der Waals surface area (Å²) in [6.45, 7) is 5.12. The molecule has 1 aromatic heterocycles. The maximum absolute atomic E-state index is 13.2. The summed E-state index contributed by atoms with van der Waals surface area (Å²) in [5.74, 6) is 2.17. The van der Waals surface area contributed by atoms with Crippen molar-refractivity contribution < 1.29 is 9.53 Å². The van der Waals surface area contributed by atoms with Crippen LogP contribution in [-0.4, -0.2) is 41.2 Å². The van der Waals surface area contributed by atoms with Crippen LogP contribution >= 0.6 is 11.6 Å². The third kappa shape index (κ3) is 3.41. The second-order valence-electron chi connectivity index (χ2n) is 7.46. The maximum atomic E-state index is 13.2. The molecule has 2 heterocycles. The van der Waals surface area contributed by atoms with E-state index in [-0.39, 0.29) is 5.91 Å². The van der Waals surface area contributed by atoms with Gasteiger partial charge in [-0.05, 0) is 30.2 Å². The number of imidazole rings is 1. The van der Waals surface area contributed by atoms with Gasteiger partial charge in [-0.3, -0.25) is 4.79 Å². The molecule has 7 heteroatoms. The minimum Gasteiger partial charge on any atom is -0.497 e. The number of anilines is 2. The fraction of sp³-hybridized carbons (Fsp3) is 0.304. The van der Waals surface area contributed by atoms with Crippen molar-refractivity contribution in [2.24, 2.45) is 0 Å². The summed E-state index contributed by atoms with van der Waals surface area (Å²) in [5.41, 5.74) is 3.74. The van der Waals surface area contributed by atoms with Crippen molar-refractivity contribution in [3.05, 3.63) is 70.1 Å². The number of halogens is 1. The summed E-state index contributed by atoms with van der Waals surface area (Å²) in [6, 6.07) is 13.8. The third-order valence-corrected chi connectivity index (χ3v) is 5.84. The molecule has 0 N–H and O–H groups in total. The van der Waals surface area contributed by atoms with E-state index in [0.29, 0.717) is 35.5 Å². The smallest absolute Gasteiger partial charge is 0.275 e. The lowest BCUT2D eigenvalue weighted by molar-refractivity contribution is 0.0776. The minimum atomic E-state index is -0.0355. The van der Waals surface area contributed by atoms with Gasteiger partial charge >= 0.3 is 0 Å². The van der Waals surface area contributed by atoms with Crippen LogP contribution in [0.25, 0.3) is 0 Å². The number of amides is 1. The number of carbonyl (C=O) groups is 1. The molecule has 0 saturated heterocycles. The number of fused-ring (bicyclic) bond motifs is 1. The van der Waals surface area contributed by atoms with Crippen LogP contribution in [0.2, 0.25) is 5.02 Å². The summed E-state index contributed by atoms with van der Waals surface area (Å²) in [4.78, 5) is 21.7. The van der Waals surface area contributed by atoms with Gasteiger partial charge in [0.15, 0.2) is 11.5 Å². The molecule has 0 spiro atoms. The van der Waals surface area contributed by atoms with Crippen LogP contribution in [0.1, 0.15) is 34.4 Å². The first-order valence-corrected chi connectivity index (χ1v) is 10.3. The van der Waals surface area contributed by atoms with E-state index in [1.165, 1.54) is 11.1 Å². The average Bonchev–Trinajstić information content (AvgIpc) is 3.11. The van der Waals surface area contributed by atoms with Gasteiger partial charge in [0.25, 0.3) is 5.91 Å². The number of ether oxygens (including phenoxy) is 1. The van der Waals surface area contributed by atoms with Crippen LogP contribution in [0.15, 0.2) is 42.5 Å². The van der Waals surface area contributed by atoms with Gasteiger partial charge in [0.05, 0.1) is 24.5 Å². The lowest BCUT2D eigenvalue weighted by Crippen LogP contribution is -2.43. The van der Waals surface area contributed by atoms with E-state index in [1.54, 1.807) is 25.1 Å². The van der Waals surface area contributed by atoms with E-state index >= 15 is 0 Å². The van der Waals surface area contributed by atoms with Gasteiger partial charge in [-0.2, -0.15) is 0 Å². The molecule has 3 aromatic rings. The minimum absolute atomic E-state index is 0.0355. The van der Waals surface area contributed by atoms with Crippen molar-refractivity contribution >= 4 is 29.0 Å². The van der Waals surface area contributed by atoms with Crippen LogP contribution in [0, 0.1) is 6.92 Å². The first-order valence-electron chi connectivity index (χ1n) is 9.95. The molecule has 0 bridgehead atoms. The van der Waals surface area contributed by atoms with E-state index in [0.717, 1.165) is 17.9 Å². The summed E-state index contributed by atoms with van der Waals surface area (Å²) in [5, 5.41) is 0.551. The average molecular weight is 425 g/mol. The van der Waals surface area contributed by atoms with Crippen LogP contribution < -0.4 is 9.64 Å². The number of aryl methyl sites for hydroxylation is 2. The number of nitrogens with zero attached hydrogens (tertiary/aromatic N) is 4. The highest BCUT2D eigenvalue weighted by atomic mass is 35.5. The highest BCUT2D eigenvalue weighted by Crippen LogP contribution is 2.38. The SMILES string of the molecule is CCc1nc2c(n1Cc1ccccc1C)C(=O)N(C)CN2c1ccc(OC)cc1Cl. The summed E-state index contributed by atoms with van der Waals surface area (Å²) < 4.78 is 7.32. The van der Waals surface area contributed by atoms with Crippen molar-refractivity contribution in [2.75, 3.05) is 25.7 Å². The van der Waals surface area contributed by atoms with Crippen LogP contribution in [-0.2, 0) is 13.0 Å². The molecular weight excluding hydrogens is 400 g/mol. The van der Waals surface area contributed by atoms with Crippen molar-refractivity contribution in [3.63, 3.8) is 0 Å². The second-order valence-corrected chi connectivity index (χ2v) is 7.86. The zero-order chi connectivity index (χ0) is 21.4. The van der Waals surface area contributed by atoms with E-state index < -0.39 is 0 Å². The van der Waals surface area contributed by atoms with Crippen molar-refractivity contribution in [2.45, 2.75) is 26.8 Å². The molecule has 6 nitrogen and oxygen atoms in total. The Morgan fingerprint density at radius 1 is 1.20 bits per heavy atom. The first-order chi connectivity index (χ1) is 14.4. The summed E-state index contributed by atoms with van der Waals surface area (Å²) in [7, 11) is 3.41. The topological polar surface area (TPSA) is 50.6 Å². The van der Waals surface area contributed by atoms with Gasteiger partial charge < -0.3 is 19.1 Å². The Balaban J connectivity index is 1.85. The molecule has 0 atom stereocenters. The number of hydrogen-bond acceptors (Lipinski definition) is 4. The van der Waals surface area contributed by atoms with Gasteiger partial charge in [0, 0.05) is 26.1 Å². The fourth-order valence-electron chi connectivity index (χ4n) is 3.83. The van der Waals surface area contributed by atoms with Gasteiger partial charge in [0.1, 0.15) is 11.6 Å². The van der Waals surface area contributed by atoms with Crippen LogP contribution in [0.4, 0.5) is 11.5 Å². The molecule has 0 aliphatic carbocycles. The standard InChI is InChI=1S/C23H25ClN4O2/c1-5-20-25-22-21(27(20)13-16-9-7-6-8-15(16)2)23(29)26(3)14-28(22)19-11-10-17(30-4)12-18(19)24/h6-12H,5,13-14H2,1-4H3. The molecule has 156 valence electrons. The van der Waals surface area contributed by atoms with Crippen molar-refractivity contribution in [1.82, 2.24) is 14.5 Å². The van der Waals surface area contributed by atoms with Gasteiger partial charge in [-0.25, -0.2) is 4.98 Å². The Morgan fingerprint density at radius 2 is 1.97 bits per heavy atom. The molecule has 1 aliphatic heterocycles. The second kappa shape index (κ2) is 8.03. The monoisotopic (exact) mass is 424 g/mol. The lowest BCUT2D eigenvalue weighted by Gasteiger charge is -2.34. The van der Waals surface area contributed by atoms with Gasteiger partial charge in [-0.15, -0.1) is 0 Å². The molecule has 0 saturated carbocycles. The maximum Gasteiger partial charge on any atom is 0.275 e. The highest BCUT2D eigenvalue weighted by Gasteiger charge is 2.35. The Labute approximate surface area is 181 Å². The van der Waals surface area contributed by atoms with E-state index in [4.69, 9.17) is 21.3 Å². The molecule has 0 fully saturated rings. The normalized spacial score (nSPS) is 13.6. The van der Waals surface area contributed by atoms with E-state index in [9.17, 15) is 4.79 Å². The third-order valence-electron chi connectivity index (χ3n) is 5.54. The Hall–Kier alpha value is -2.99. The number of benzene rings is 2. The van der Waals surface area contributed by atoms with Crippen LogP contribution in [0.3, 0.4) is 0 Å². The number of methoxy groups -OCH3 is 1. The van der Waals surface area contributed by atoms with E-state index in [2.05, 4.69) is 26.0 Å². The predicted molar refractivity (Wildman–Crippen MR) is 119 cm³/mol. The highest BCUT2D eigenvalue weighted by molar-refractivity contribution is 6.33. The molecule has 2 aromatic carbocycles. The zero-order valence-electron chi connectivity index (χ0n) is 17.6. The molecule has 1 amide bonds. The molecule has 4 rings (SSSR count). The van der Waals surface area contributed by atoms with Crippen LogP contribution in [0.5, 0.6) is 5.75 Å². The Kier molecular flexibility index (Phi) is 5.43. The first kappa shape index (κ1) is 20.3. The van der Waals surface area contributed by atoms with Gasteiger partial charge in [0.2, 0.25) is 0 Å². The molecule has 30 heavy (non-hydrogen) atoms. The fourth-order valence-corrected chi connectivity index (χ4v) is 4.10.